The molecule has 1 aromatic carbocycles. The molecule has 1 aromatic heterocycles. The zero-order valence-corrected chi connectivity index (χ0v) is 12.7. The third kappa shape index (κ3) is 3.48. The summed E-state index contributed by atoms with van der Waals surface area (Å²) in [5, 5.41) is 11.3. The lowest BCUT2D eigenvalue weighted by Gasteiger charge is -2.08. The maximum Gasteiger partial charge on any atom is 0.184 e. The summed E-state index contributed by atoms with van der Waals surface area (Å²) in [6.45, 7) is 1.78. The lowest BCUT2D eigenvalue weighted by molar-refractivity contribution is 0.415. The van der Waals surface area contributed by atoms with Gasteiger partial charge in [-0.05, 0) is 28.6 Å². The molecule has 1 heterocycles. The van der Waals surface area contributed by atoms with Gasteiger partial charge in [-0.1, -0.05) is 6.92 Å². The average Bonchev–Trinajstić information content (AvgIpc) is 2.94. The summed E-state index contributed by atoms with van der Waals surface area (Å²) in [5.41, 5.74) is 7.03. The maximum absolute atomic E-state index is 11.6. The highest BCUT2D eigenvalue weighted by Gasteiger charge is 2.15. The largest absolute Gasteiger partial charge is 0.497 e. The zero-order valence-electron chi connectivity index (χ0n) is 11.9. The van der Waals surface area contributed by atoms with E-state index in [-0.39, 0.29) is 18.1 Å². The minimum atomic E-state index is -3.09. The topological polar surface area (TPSA) is 113 Å². The monoisotopic (exact) mass is 311 g/mol. The highest BCUT2D eigenvalue weighted by molar-refractivity contribution is 7.91. The fourth-order valence-electron chi connectivity index (χ4n) is 1.77. The molecule has 21 heavy (non-hydrogen) atoms. The van der Waals surface area contributed by atoms with Crippen molar-refractivity contribution in [2.75, 3.05) is 24.3 Å². The predicted molar refractivity (Wildman–Crippen MR) is 78.5 cm³/mol. The predicted octanol–water partition coefficient (Wildman–Crippen LogP) is 0.366. The SMILES string of the molecule is CCS(=O)(=O)CCn1nnnc1-c1cc(OC)ccc1N. The van der Waals surface area contributed by atoms with Crippen molar-refractivity contribution in [2.45, 2.75) is 13.5 Å². The number of ether oxygens (including phenoxy) is 1. The van der Waals surface area contributed by atoms with E-state index in [9.17, 15) is 8.42 Å². The number of hydrogen-bond acceptors (Lipinski definition) is 7. The van der Waals surface area contributed by atoms with Crippen LogP contribution in [0.25, 0.3) is 11.4 Å². The van der Waals surface area contributed by atoms with Crippen molar-refractivity contribution in [2.24, 2.45) is 0 Å². The second kappa shape index (κ2) is 6.08. The fourth-order valence-corrected chi connectivity index (χ4v) is 2.51. The van der Waals surface area contributed by atoms with E-state index in [4.69, 9.17) is 10.5 Å². The molecule has 0 amide bonds. The molecule has 0 unspecified atom stereocenters. The van der Waals surface area contributed by atoms with Crippen LogP contribution < -0.4 is 10.5 Å². The van der Waals surface area contributed by atoms with Gasteiger partial charge in [0.25, 0.3) is 0 Å². The van der Waals surface area contributed by atoms with Crippen LogP contribution in [0, 0.1) is 0 Å². The van der Waals surface area contributed by atoms with Gasteiger partial charge in [0.2, 0.25) is 0 Å². The molecule has 0 bridgehead atoms. The van der Waals surface area contributed by atoms with Crippen LogP contribution in [0.15, 0.2) is 18.2 Å². The van der Waals surface area contributed by atoms with Crippen LogP contribution in [0.3, 0.4) is 0 Å². The molecular weight excluding hydrogens is 294 g/mol. The Kier molecular flexibility index (Phi) is 4.41. The van der Waals surface area contributed by atoms with E-state index >= 15 is 0 Å². The quantitative estimate of drug-likeness (QED) is 0.766. The van der Waals surface area contributed by atoms with Crippen molar-refractivity contribution in [1.29, 1.82) is 0 Å². The number of rotatable bonds is 6. The summed E-state index contributed by atoms with van der Waals surface area (Å²) < 4.78 is 29.7. The summed E-state index contributed by atoms with van der Waals surface area (Å²) >= 11 is 0. The van der Waals surface area contributed by atoms with Gasteiger partial charge < -0.3 is 10.5 Å². The standard InChI is InChI=1S/C12H17N5O3S/c1-3-21(18,19)7-6-17-12(14-15-16-17)10-8-9(20-2)4-5-11(10)13/h4-5,8H,3,6-7,13H2,1-2H3. The Labute approximate surface area is 122 Å². The zero-order chi connectivity index (χ0) is 15.5. The molecule has 0 fully saturated rings. The third-order valence-electron chi connectivity index (χ3n) is 3.09. The van der Waals surface area contributed by atoms with Crippen LogP contribution in [-0.4, -0.2) is 47.2 Å². The van der Waals surface area contributed by atoms with E-state index in [1.165, 1.54) is 4.68 Å². The van der Waals surface area contributed by atoms with E-state index < -0.39 is 9.84 Å². The maximum atomic E-state index is 11.6. The van der Waals surface area contributed by atoms with Crippen molar-refractivity contribution < 1.29 is 13.2 Å². The second-order valence-corrected chi connectivity index (χ2v) is 6.89. The van der Waals surface area contributed by atoms with Crippen LogP contribution in [0.1, 0.15) is 6.92 Å². The molecule has 0 saturated heterocycles. The summed E-state index contributed by atoms with van der Waals surface area (Å²) in [6.07, 6.45) is 0. The van der Waals surface area contributed by atoms with Gasteiger partial charge in [0.1, 0.15) is 5.75 Å². The highest BCUT2D eigenvalue weighted by atomic mass is 32.2. The molecule has 8 nitrogen and oxygen atoms in total. The number of nitrogens with two attached hydrogens (primary N) is 1. The lowest BCUT2D eigenvalue weighted by atomic mass is 10.1. The molecule has 0 radical (unpaired) electrons. The fraction of sp³-hybridized carbons (Fsp3) is 0.417. The van der Waals surface area contributed by atoms with Crippen molar-refractivity contribution in [1.82, 2.24) is 20.2 Å². The number of benzene rings is 1. The Hall–Kier alpha value is -2.16. The van der Waals surface area contributed by atoms with E-state index in [1.54, 1.807) is 32.2 Å². The molecule has 2 aromatic rings. The van der Waals surface area contributed by atoms with Crippen LogP contribution in [-0.2, 0) is 16.4 Å². The van der Waals surface area contributed by atoms with Crippen LogP contribution >= 0.6 is 0 Å². The van der Waals surface area contributed by atoms with E-state index in [1.807, 2.05) is 0 Å². The molecule has 0 saturated carbocycles. The molecular formula is C12H17N5O3S. The Morgan fingerprint density at radius 2 is 2.14 bits per heavy atom. The summed E-state index contributed by atoms with van der Waals surface area (Å²) in [6, 6.07) is 5.14. The number of hydrogen-bond donors (Lipinski definition) is 1. The van der Waals surface area contributed by atoms with Gasteiger partial charge in [0.05, 0.1) is 19.4 Å². The Morgan fingerprint density at radius 3 is 2.81 bits per heavy atom. The number of nitrogens with zero attached hydrogens (tertiary/aromatic N) is 4. The van der Waals surface area contributed by atoms with Gasteiger partial charge in [-0.15, -0.1) is 5.10 Å². The molecule has 2 N–H and O–H groups in total. The first kappa shape index (κ1) is 15.2. The van der Waals surface area contributed by atoms with E-state index in [0.717, 1.165) is 0 Å². The average molecular weight is 311 g/mol. The molecule has 0 atom stereocenters. The number of aromatic nitrogens is 4. The van der Waals surface area contributed by atoms with Crippen molar-refractivity contribution in [3.63, 3.8) is 0 Å². The van der Waals surface area contributed by atoms with Gasteiger partial charge in [-0.25, -0.2) is 13.1 Å². The highest BCUT2D eigenvalue weighted by Crippen LogP contribution is 2.27. The number of anilines is 1. The minimum absolute atomic E-state index is 0.0224. The number of nitrogen functional groups attached to an aromatic ring is 1. The van der Waals surface area contributed by atoms with Crippen LogP contribution in [0.2, 0.25) is 0 Å². The Bertz CT molecular complexity index is 726. The smallest absolute Gasteiger partial charge is 0.184 e. The molecule has 9 heteroatoms. The van der Waals surface area contributed by atoms with Crippen LogP contribution in [0.4, 0.5) is 5.69 Å². The van der Waals surface area contributed by atoms with E-state index in [0.29, 0.717) is 22.8 Å². The molecule has 0 aliphatic carbocycles. The molecule has 114 valence electrons. The molecule has 2 rings (SSSR count). The van der Waals surface area contributed by atoms with Gasteiger partial charge in [-0.2, -0.15) is 0 Å². The summed E-state index contributed by atoms with van der Waals surface area (Å²) in [7, 11) is -1.54. The number of aryl methyl sites for hydroxylation is 1. The Morgan fingerprint density at radius 1 is 1.38 bits per heavy atom. The molecule has 0 spiro atoms. The lowest BCUT2D eigenvalue weighted by Crippen LogP contribution is -2.16. The van der Waals surface area contributed by atoms with Gasteiger partial charge in [0.15, 0.2) is 15.7 Å². The first-order chi connectivity index (χ1) is 9.96. The Balaban J connectivity index is 2.32. The van der Waals surface area contributed by atoms with Gasteiger partial charge >= 0.3 is 0 Å². The van der Waals surface area contributed by atoms with Crippen molar-refractivity contribution >= 4 is 15.5 Å². The molecule has 0 aliphatic rings. The molecule has 0 aliphatic heterocycles. The van der Waals surface area contributed by atoms with Gasteiger partial charge in [0, 0.05) is 17.0 Å². The van der Waals surface area contributed by atoms with E-state index in [2.05, 4.69) is 15.5 Å². The minimum Gasteiger partial charge on any atom is -0.497 e. The first-order valence-corrected chi connectivity index (χ1v) is 8.19. The normalized spacial score (nSPS) is 11.5. The summed E-state index contributed by atoms with van der Waals surface area (Å²) in [4.78, 5) is 0. The number of methoxy groups -OCH3 is 1. The third-order valence-corrected chi connectivity index (χ3v) is 4.77. The summed E-state index contributed by atoms with van der Waals surface area (Å²) in [5.74, 6) is 1.10. The number of tetrazole rings is 1. The van der Waals surface area contributed by atoms with Gasteiger partial charge in [-0.3, -0.25) is 0 Å². The van der Waals surface area contributed by atoms with Crippen LogP contribution in [0.5, 0.6) is 5.75 Å². The van der Waals surface area contributed by atoms with Crippen molar-refractivity contribution in [3.05, 3.63) is 18.2 Å². The van der Waals surface area contributed by atoms with Crippen molar-refractivity contribution in [3.8, 4) is 17.1 Å². The second-order valence-electron chi connectivity index (χ2n) is 4.42. The number of sulfone groups is 1. The first-order valence-electron chi connectivity index (χ1n) is 6.37.